The Bertz CT molecular complexity index is 780. The molecule has 2 rings (SSSR count). The van der Waals surface area contributed by atoms with Crippen LogP contribution in [0.2, 0.25) is 5.02 Å². The first-order valence-electron chi connectivity index (χ1n) is 6.04. The molecule has 0 saturated carbocycles. The zero-order chi connectivity index (χ0) is 16.4. The maximum Gasteiger partial charge on any atom is 0.313 e. The van der Waals surface area contributed by atoms with Crippen molar-refractivity contribution in [2.75, 3.05) is 5.32 Å². The van der Waals surface area contributed by atoms with Gasteiger partial charge in [-0.15, -0.1) is 0 Å². The van der Waals surface area contributed by atoms with Gasteiger partial charge >= 0.3 is 5.69 Å². The summed E-state index contributed by atoms with van der Waals surface area (Å²) in [6, 6.07) is 7.57. The normalized spacial score (nSPS) is 10.3. The number of nitrogens with one attached hydrogen (secondary N) is 1. The van der Waals surface area contributed by atoms with Crippen molar-refractivity contribution in [3.05, 3.63) is 60.2 Å². The highest BCUT2D eigenvalue weighted by Crippen LogP contribution is 2.33. The fourth-order valence-electron chi connectivity index (χ4n) is 1.85. The van der Waals surface area contributed by atoms with Gasteiger partial charge in [-0.3, -0.25) is 14.9 Å². The lowest BCUT2D eigenvalue weighted by Gasteiger charge is -2.10. The van der Waals surface area contributed by atoms with Crippen LogP contribution in [0.4, 0.5) is 11.4 Å². The molecule has 22 heavy (non-hydrogen) atoms. The number of nitro groups is 1. The van der Waals surface area contributed by atoms with Gasteiger partial charge < -0.3 is 10.4 Å². The van der Waals surface area contributed by atoms with E-state index in [1.165, 1.54) is 6.07 Å². The maximum absolute atomic E-state index is 12.2. The molecule has 0 spiro atoms. The van der Waals surface area contributed by atoms with Gasteiger partial charge in [0.15, 0.2) is 0 Å². The standard InChI is InChI=1S/C14H10ClIN2O4/c1-7-4-9(16)2-3-11(7)17-14(20)10-5-8(15)6-12(13(10)19)18(21)22/h2-6,19H,1H3,(H,17,20). The topological polar surface area (TPSA) is 92.5 Å². The number of carbonyl (C=O) groups is 1. The van der Waals surface area contributed by atoms with Crippen LogP contribution in [0.25, 0.3) is 0 Å². The monoisotopic (exact) mass is 432 g/mol. The molecular formula is C14H10ClIN2O4. The Kier molecular flexibility index (Phi) is 4.87. The molecule has 0 bridgehead atoms. The van der Waals surface area contributed by atoms with Gasteiger partial charge in [-0.2, -0.15) is 0 Å². The summed E-state index contributed by atoms with van der Waals surface area (Å²) in [7, 11) is 0. The van der Waals surface area contributed by atoms with Crippen LogP contribution in [0.1, 0.15) is 15.9 Å². The molecule has 114 valence electrons. The number of carbonyl (C=O) groups excluding carboxylic acids is 1. The Morgan fingerprint density at radius 3 is 2.64 bits per heavy atom. The average Bonchev–Trinajstić information content (AvgIpc) is 2.43. The highest BCUT2D eigenvalue weighted by Gasteiger charge is 2.23. The van der Waals surface area contributed by atoms with Gasteiger partial charge in [0, 0.05) is 20.3 Å². The Morgan fingerprint density at radius 2 is 2.05 bits per heavy atom. The van der Waals surface area contributed by atoms with E-state index in [4.69, 9.17) is 11.6 Å². The number of anilines is 1. The van der Waals surface area contributed by atoms with Crippen molar-refractivity contribution in [1.29, 1.82) is 0 Å². The lowest BCUT2D eigenvalue weighted by Crippen LogP contribution is -2.13. The highest BCUT2D eigenvalue weighted by molar-refractivity contribution is 14.1. The summed E-state index contributed by atoms with van der Waals surface area (Å²) in [5.74, 6) is -1.39. The number of hydrogen-bond acceptors (Lipinski definition) is 4. The molecule has 0 aliphatic rings. The molecule has 0 heterocycles. The number of benzene rings is 2. The van der Waals surface area contributed by atoms with E-state index in [0.29, 0.717) is 5.69 Å². The number of amides is 1. The quantitative estimate of drug-likeness (QED) is 0.433. The number of aryl methyl sites for hydroxylation is 1. The molecule has 0 fully saturated rings. The number of aromatic hydroxyl groups is 1. The van der Waals surface area contributed by atoms with Crippen molar-refractivity contribution >= 4 is 51.5 Å². The summed E-state index contributed by atoms with van der Waals surface area (Å²) in [5.41, 5.74) is 0.512. The van der Waals surface area contributed by atoms with Crippen molar-refractivity contribution in [3.63, 3.8) is 0 Å². The van der Waals surface area contributed by atoms with Crippen molar-refractivity contribution in [2.45, 2.75) is 6.92 Å². The van der Waals surface area contributed by atoms with Crippen LogP contribution >= 0.6 is 34.2 Å². The third-order valence-electron chi connectivity index (χ3n) is 2.93. The lowest BCUT2D eigenvalue weighted by atomic mass is 10.1. The van der Waals surface area contributed by atoms with Gasteiger partial charge in [-0.25, -0.2) is 0 Å². The first kappa shape index (κ1) is 16.5. The van der Waals surface area contributed by atoms with Crippen LogP contribution in [-0.2, 0) is 0 Å². The minimum Gasteiger partial charge on any atom is -0.502 e. The van der Waals surface area contributed by atoms with Crippen molar-refractivity contribution in [3.8, 4) is 5.75 Å². The summed E-state index contributed by atoms with van der Waals surface area (Å²) in [6.45, 7) is 1.82. The van der Waals surface area contributed by atoms with Gasteiger partial charge in [0.25, 0.3) is 5.91 Å². The molecule has 0 aromatic heterocycles. The zero-order valence-electron chi connectivity index (χ0n) is 11.3. The first-order valence-corrected chi connectivity index (χ1v) is 7.49. The van der Waals surface area contributed by atoms with Gasteiger partial charge in [0.1, 0.15) is 0 Å². The summed E-state index contributed by atoms with van der Waals surface area (Å²) >= 11 is 7.91. The zero-order valence-corrected chi connectivity index (χ0v) is 14.2. The molecule has 8 heteroatoms. The SMILES string of the molecule is Cc1cc(I)ccc1NC(=O)c1cc(Cl)cc([N+](=O)[O-])c1O. The van der Waals surface area contributed by atoms with E-state index in [1.54, 1.807) is 6.07 Å². The maximum atomic E-state index is 12.2. The highest BCUT2D eigenvalue weighted by atomic mass is 127. The third-order valence-corrected chi connectivity index (χ3v) is 3.82. The fourth-order valence-corrected chi connectivity index (χ4v) is 2.71. The van der Waals surface area contributed by atoms with Crippen LogP contribution in [-0.4, -0.2) is 15.9 Å². The average molecular weight is 433 g/mol. The van der Waals surface area contributed by atoms with E-state index in [-0.39, 0.29) is 10.6 Å². The summed E-state index contributed by atoms with van der Waals surface area (Å²) in [6.07, 6.45) is 0. The summed E-state index contributed by atoms with van der Waals surface area (Å²) < 4.78 is 1.01. The molecular weight excluding hydrogens is 423 g/mol. The van der Waals surface area contributed by atoms with E-state index in [1.807, 2.05) is 19.1 Å². The number of hydrogen-bond donors (Lipinski definition) is 2. The molecule has 0 aliphatic carbocycles. The van der Waals surface area contributed by atoms with Crippen LogP contribution in [0.5, 0.6) is 5.75 Å². The third kappa shape index (κ3) is 3.47. The molecule has 1 amide bonds. The van der Waals surface area contributed by atoms with Crippen LogP contribution in [0, 0.1) is 20.6 Å². The number of rotatable bonds is 3. The van der Waals surface area contributed by atoms with E-state index < -0.39 is 22.3 Å². The molecule has 0 atom stereocenters. The second kappa shape index (κ2) is 6.49. The van der Waals surface area contributed by atoms with E-state index >= 15 is 0 Å². The van der Waals surface area contributed by atoms with Gasteiger partial charge in [0.2, 0.25) is 5.75 Å². The smallest absolute Gasteiger partial charge is 0.313 e. The number of nitro benzene ring substituents is 1. The Hall–Kier alpha value is -1.87. The minimum absolute atomic E-state index is 0.00557. The Labute approximate surface area is 144 Å². The van der Waals surface area contributed by atoms with Crippen LogP contribution in [0.3, 0.4) is 0 Å². The second-order valence-electron chi connectivity index (χ2n) is 4.49. The molecule has 0 aliphatic heterocycles. The predicted molar refractivity (Wildman–Crippen MR) is 91.6 cm³/mol. The molecule has 0 unspecified atom stereocenters. The Balaban J connectivity index is 2.39. The van der Waals surface area contributed by atoms with E-state index in [9.17, 15) is 20.0 Å². The van der Waals surface area contributed by atoms with E-state index in [2.05, 4.69) is 27.9 Å². The molecule has 2 N–H and O–H groups in total. The largest absolute Gasteiger partial charge is 0.502 e. The summed E-state index contributed by atoms with van der Waals surface area (Å²) in [4.78, 5) is 22.3. The van der Waals surface area contributed by atoms with Crippen LogP contribution < -0.4 is 5.32 Å². The number of phenolic OH excluding ortho intramolecular Hbond substituents is 1. The number of halogens is 2. The molecule has 0 radical (unpaired) electrons. The van der Waals surface area contributed by atoms with Crippen molar-refractivity contribution in [2.24, 2.45) is 0 Å². The minimum atomic E-state index is -0.797. The lowest BCUT2D eigenvalue weighted by molar-refractivity contribution is -0.385. The van der Waals surface area contributed by atoms with Gasteiger partial charge in [-0.05, 0) is 59.3 Å². The van der Waals surface area contributed by atoms with Gasteiger partial charge in [-0.1, -0.05) is 11.6 Å². The molecule has 0 saturated heterocycles. The van der Waals surface area contributed by atoms with Crippen molar-refractivity contribution < 1.29 is 14.8 Å². The fraction of sp³-hybridized carbons (Fsp3) is 0.0714. The van der Waals surface area contributed by atoms with Crippen LogP contribution in [0.15, 0.2) is 30.3 Å². The van der Waals surface area contributed by atoms with Crippen molar-refractivity contribution in [1.82, 2.24) is 0 Å². The molecule has 6 nitrogen and oxygen atoms in total. The first-order chi connectivity index (χ1) is 10.3. The predicted octanol–water partition coefficient (Wildman–Crippen LogP) is 4.12. The van der Waals surface area contributed by atoms with Gasteiger partial charge in [0.05, 0.1) is 10.5 Å². The molecule has 2 aromatic rings. The number of nitrogens with zero attached hydrogens (tertiary/aromatic N) is 1. The summed E-state index contributed by atoms with van der Waals surface area (Å²) in [5, 5.41) is 23.3. The van der Waals surface area contributed by atoms with E-state index in [0.717, 1.165) is 15.2 Å². The number of phenols is 1. The Morgan fingerprint density at radius 1 is 1.36 bits per heavy atom. The second-order valence-corrected chi connectivity index (χ2v) is 6.17. The molecule has 2 aromatic carbocycles.